The van der Waals surface area contributed by atoms with Crippen molar-refractivity contribution in [1.82, 2.24) is 10.2 Å². The van der Waals surface area contributed by atoms with Crippen molar-refractivity contribution in [3.8, 4) is 0 Å². The third-order valence-electron chi connectivity index (χ3n) is 4.00. The van der Waals surface area contributed by atoms with Gasteiger partial charge in [0.25, 0.3) is 0 Å². The molecule has 3 nitrogen and oxygen atoms in total. The van der Waals surface area contributed by atoms with Gasteiger partial charge in [-0.3, -0.25) is 4.79 Å². The zero-order valence-electron chi connectivity index (χ0n) is 12.9. The molecule has 1 aromatic carbocycles. The van der Waals surface area contributed by atoms with Gasteiger partial charge in [0.15, 0.2) is 0 Å². The summed E-state index contributed by atoms with van der Waals surface area (Å²) in [5.41, 5.74) is 1.25. The topological polar surface area (TPSA) is 32.3 Å². The molecule has 1 fully saturated rings. The highest BCUT2D eigenvalue weighted by atomic mass is 35.5. The van der Waals surface area contributed by atoms with Gasteiger partial charge in [-0.05, 0) is 44.3 Å². The molecule has 1 amide bonds. The lowest BCUT2D eigenvalue weighted by Crippen LogP contribution is -2.46. The summed E-state index contributed by atoms with van der Waals surface area (Å²) < 4.78 is 0. The number of benzene rings is 1. The van der Waals surface area contributed by atoms with Crippen LogP contribution in [0.5, 0.6) is 0 Å². The van der Waals surface area contributed by atoms with Crippen LogP contribution >= 0.6 is 12.4 Å². The Hall–Kier alpha value is -1.06. The first-order valence-corrected chi connectivity index (χ1v) is 7.85. The van der Waals surface area contributed by atoms with E-state index in [0.29, 0.717) is 18.4 Å². The highest BCUT2D eigenvalue weighted by molar-refractivity contribution is 5.85. The van der Waals surface area contributed by atoms with Crippen LogP contribution in [0, 0.1) is 0 Å². The van der Waals surface area contributed by atoms with Gasteiger partial charge >= 0.3 is 0 Å². The fraction of sp³-hybridized carbons (Fsp3) is 0.588. The number of rotatable bonds is 6. The maximum Gasteiger partial charge on any atom is 0.223 e. The number of carbonyl (C=O) groups excluding carboxylic acids is 1. The molecule has 1 aliphatic heterocycles. The number of nitrogens with zero attached hydrogens (tertiary/aromatic N) is 1. The smallest absolute Gasteiger partial charge is 0.223 e. The van der Waals surface area contributed by atoms with E-state index >= 15 is 0 Å². The Labute approximate surface area is 134 Å². The van der Waals surface area contributed by atoms with E-state index in [0.717, 1.165) is 45.3 Å². The van der Waals surface area contributed by atoms with Gasteiger partial charge in [0.1, 0.15) is 0 Å². The van der Waals surface area contributed by atoms with Crippen LogP contribution in [0.3, 0.4) is 0 Å². The Kier molecular flexibility index (Phi) is 8.40. The Morgan fingerprint density at radius 3 is 2.52 bits per heavy atom. The van der Waals surface area contributed by atoms with Crippen LogP contribution < -0.4 is 5.32 Å². The average Bonchev–Trinajstić information content (AvgIpc) is 2.52. The van der Waals surface area contributed by atoms with Crippen LogP contribution in [0.25, 0.3) is 0 Å². The second-order valence-electron chi connectivity index (χ2n) is 5.55. The summed E-state index contributed by atoms with van der Waals surface area (Å²) in [5, 5.41) is 3.37. The molecule has 0 atom stereocenters. The van der Waals surface area contributed by atoms with Gasteiger partial charge in [-0.2, -0.15) is 0 Å². The summed E-state index contributed by atoms with van der Waals surface area (Å²) in [6.45, 7) is 5.13. The zero-order chi connectivity index (χ0) is 14.2. The van der Waals surface area contributed by atoms with E-state index in [2.05, 4.69) is 29.3 Å². The number of hydrogen-bond donors (Lipinski definition) is 1. The second kappa shape index (κ2) is 9.80. The Bertz CT molecular complexity index is 405. The van der Waals surface area contributed by atoms with Crippen molar-refractivity contribution in [2.75, 3.05) is 19.6 Å². The summed E-state index contributed by atoms with van der Waals surface area (Å²) >= 11 is 0. The van der Waals surface area contributed by atoms with Gasteiger partial charge in [-0.15, -0.1) is 12.4 Å². The molecule has 1 aliphatic rings. The summed E-state index contributed by atoms with van der Waals surface area (Å²) in [6.07, 6.45) is 4.72. The molecule has 1 aromatic rings. The van der Waals surface area contributed by atoms with Gasteiger partial charge < -0.3 is 10.2 Å². The van der Waals surface area contributed by atoms with Crippen LogP contribution in [-0.2, 0) is 11.2 Å². The Morgan fingerprint density at radius 2 is 1.90 bits per heavy atom. The van der Waals surface area contributed by atoms with Crippen molar-refractivity contribution in [2.24, 2.45) is 0 Å². The molecule has 0 spiro atoms. The van der Waals surface area contributed by atoms with Gasteiger partial charge in [-0.25, -0.2) is 0 Å². The maximum absolute atomic E-state index is 12.5. The van der Waals surface area contributed by atoms with Crippen molar-refractivity contribution in [3.63, 3.8) is 0 Å². The van der Waals surface area contributed by atoms with Gasteiger partial charge in [0, 0.05) is 19.0 Å². The summed E-state index contributed by atoms with van der Waals surface area (Å²) in [5.74, 6) is 0.322. The second-order valence-corrected chi connectivity index (χ2v) is 5.55. The molecule has 2 rings (SSSR count). The molecule has 0 saturated carbocycles. The minimum atomic E-state index is 0. The molecule has 0 aliphatic carbocycles. The zero-order valence-corrected chi connectivity index (χ0v) is 13.7. The van der Waals surface area contributed by atoms with E-state index in [1.165, 1.54) is 5.56 Å². The van der Waals surface area contributed by atoms with Crippen molar-refractivity contribution < 1.29 is 4.79 Å². The van der Waals surface area contributed by atoms with Gasteiger partial charge in [-0.1, -0.05) is 37.3 Å². The normalized spacial score (nSPS) is 15.3. The summed E-state index contributed by atoms with van der Waals surface area (Å²) in [7, 11) is 0. The highest BCUT2D eigenvalue weighted by Gasteiger charge is 2.24. The van der Waals surface area contributed by atoms with Crippen molar-refractivity contribution >= 4 is 18.3 Å². The maximum atomic E-state index is 12.5. The van der Waals surface area contributed by atoms with E-state index in [1.54, 1.807) is 0 Å². The van der Waals surface area contributed by atoms with Crippen molar-refractivity contribution in [1.29, 1.82) is 0 Å². The first-order chi connectivity index (χ1) is 9.81. The molecule has 118 valence electrons. The number of halogens is 1. The fourth-order valence-electron chi connectivity index (χ4n) is 2.91. The lowest BCUT2D eigenvalue weighted by molar-refractivity contribution is -0.134. The summed E-state index contributed by atoms with van der Waals surface area (Å²) in [4.78, 5) is 14.6. The highest BCUT2D eigenvalue weighted by Crippen LogP contribution is 2.15. The molecule has 1 saturated heterocycles. The SMILES string of the molecule is CCCN(C(=O)CCc1ccccc1)C1CCNCC1.Cl. The van der Waals surface area contributed by atoms with Gasteiger partial charge in [0.05, 0.1) is 0 Å². The van der Waals surface area contributed by atoms with Crippen LogP contribution in [0.4, 0.5) is 0 Å². The molecule has 21 heavy (non-hydrogen) atoms. The van der Waals surface area contributed by atoms with E-state index in [1.807, 2.05) is 18.2 Å². The third kappa shape index (κ3) is 5.68. The number of carbonyl (C=O) groups is 1. The number of nitrogens with one attached hydrogen (secondary N) is 1. The number of hydrogen-bond acceptors (Lipinski definition) is 2. The van der Waals surface area contributed by atoms with E-state index in [4.69, 9.17) is 0 Å². The molecule has 4 heteroatoms. The van der Waals surface area contributed by atoms with Crippen molar-refractivity contribution in [2.45, 2.75) is 45.1 Å². The molecule has 1 heterocycles. The first-order valence-electron chi connectivity index (χ1n) is 7.85. The van der Waals surface area contributed by atoms with Gasteiger partial charge in [0.2, 0.25) is 5.91 Å². The minimum absolute atomic E-state index is 0. The number of aryl methyl sites for hydroxylation is 1. The minimum Gasteiger partial charge on any atom is -0.340 e. The monoisotopic (exact) mass is 310 g/mol. The standard InChI is InChI=1S/C17H26N2O.ClH/c1-2-14-19(16-10-12-18-13-11-16)17(20)9-8-15-6-4-3-5-7-15;/h3-7,16,18H,2,8-14H2,1H3;1H. The average molecular weight is 311 g/mol. The van der Waals surface area contributed by atoms with Crippen LogP contribution in [0.1, 0.15) is 38.2 Å². The predicted molar refractivity (Wildman–Crippen MR) is 89.9 cm³/mol. The molecule has 0 aromatic heterocycles. The summed E-state index contributed by atoms with van der Waals surface area (Å²) in [6, 6.07) is 10.7. The van der Waals surface area contributed by atoms with E-state index in [9.17, 15) is 4.79 Å². The van der Waals surface area contributed by atoms with Crippen LogP contribution in [0.2, 0.25) is 0 Å². The van der Waals surface area contributed by atoms with E-state index < -0.39 is 0 Å². The fourth-order valence-corrected chi connectivity index (χ4v) is 2.91. The molecule has 0 unspecified atom stereocenters. The molecule has 0 radical (unpaired) electrons. The molecule has 0 bridgehead atoms. The predicted octanol–water partition coefficient (Wildman–Crippen LogP) is 3.03. The number of piperidine rings is 1. The van der Waals surface area contributed by atoms with Crippen LogP contribution in [-0.4, -0.2) is 36.5 Å². The quantitative estimate of drug-likeness (QED) is 0.876. The Morgan fingerprint density at radius 1 is 1.24 bits per heavy atom. The lowest BCUT2D eigenvalue weighted by atomic mass is 10.0. The van der Waals surface area contributed by atoms with Crippen LogP contribution in [0.15, 0.2) is 30.3 Å². The largest absolute Gasteiger partial charge is 0.340 e. The molecular weight excluding hydrogens is 284 g/mol. The Balaban J connectivity index is 0.00000220. The number of amides is 1. The molecular formula is C17H27ClN2O. The van der Waals surface area contributed by atoms with E-state index in [-0.39, 0.29) is 12.4 Å². The molecule has 1 N–H and O–H groups in total. The first kappa shape index (κ1) is 18.0. The lowest BCUT2D eigenvalue weighted by Gasteiger charge is -2.34. The van der Waals surface area contributed by atoms with Crippen molar-refractivity contribution in [3.05, 3.63) is 35.9 Å². The third-order valence-corrected chi connectivity index (χ3v) is 4.00.